The van der Waals surface area contributed by atoms with Crippen LogP contribution in [-0.4, -0.2) is 13.1 Å². The summed E-state index contributed by atoms with van der Waals surface area (Å²) in [5.74, 6) is 1.94. The highest BCUT2D eigenvalue weighted by atomic mass is 14.9. The van der Waals surface area contributed by atoms with E-state index in [-0.39, 0.29) is 0 Å². The van der Waals surface area contributed by atoms with Gasteiger partial charge in [-0.2, -0.15) is 0 Å². The van der Waals surface area contributed by atoms with Gasteiger partial charge >= 0.3 is 0 Å². The first-order chi connectivity index (χ1) is 4.34. The van der Waals surface area contributed by atoms with Crippen LogP contribution in [-0.2, 0) is 0 Å². The van der Waals surface area contributed by atoms with E-state index in [0.717, 1.165) is 18.4 Å². The molecular weight excluding hydrogens is 110 g/mol. The molecule has 0 aliphatic heterocycles. The van der Waals surface area contributed by atoms with E-state index in [2.05, 4.69) is 18.8 Å². The molecule has 52 valence electrons. The predicted octanol–water partition coefficient (Wildman–Crippen LogP) is 1.42. The Morgan fingerprint density at radius 2 is 2.44 bits per heavy atom. The van der Waals surface area contributed by atoms with Gasteiger partial charge in [0.2, 0.25) is 0 Å². The van der Waals surface area contributed by atoms with E-state index in [9.17, 15) is 0 Å². The van der Waals surface area contributed by atoms with Gasteiger partial charge in [-0.25, -0.2) is 0 Å². The third-order valence-electron chi connectivity index (χ3n) is 1.97. The van der Waals surface area contributed by atoms with E-state index < -0.39 is 0 Å². The highest BCUT2D eigenvalue weighted by molar-refractivity contribution is 4.84. The maximum absolute atomic E-state index is 3.63. The number of nitrogens with one attached hydrogen (secondary N) is 1. The fraction of sp³-hybridized carbons (Fsp3) is 0.750. The molecular formula is C8H15N. The summed E-state index contributed by atoms with van der Waals surface area (Å²) in [4.78, 5) is 0. The van der Waals surface area contributed by atoms with Gasteiger partial charge in [-0.3, -0.25) is 0 Å². The van der Waals surface area contributed by atoms with Gasteiger partial charge in [0.25, 0.3) is 0 Å². The first kappa shape index (κ1) is 6.81. The van der Waals surface area contributed by atoms with Crippen LogP contribution in [0.15, 0.2) is 12.7 Å². The molecule has 9 heavy (non-hydrogen) atoms. The Morgan fingerprint density at radius 1 is 1.78 bits per heavy atom. The minimum Gasteiger partial charge on any atom is -0.313 e. The van der Waals surface area contributed by atoms with Crippen LogP contribution in [0.4, 0.5) is 0 Å². The van der Waals surface area contributed by atoms with Crippen LogP contribution in [0.5, 0.6) is 0 Å². The SMILES string of the molecule is C=CCNC[C@@H]1C[C@H]1C. The van der Waals surface area contributed by atoms with Crippen molar-refractivity contribution in [3.05, 3.63) is 12.7 Å². The molecule has 1 fully saturated rings. The fourth-order valence-corrected chi connectivity index (χ4v) is 1.05. The molecule has 0 aromatic rings. The molecule has 0 bridgehead atoms. The van der Waals surface area contributed by atoms with Gasteiger partial charge in [0.15, 0.2) is 0 Å². The summed E-state index contributed by atoms with van der Waals surface area (Å²) in [6, 6.07) is 0. The maximum atomic E-state index is 3.63. The Bertz CT molecular complexity index is 98.7. The Kier molecular flexibility index (Phi) is 2.29. The molecule has 1 rings (SSSR count). The molecule has 0 radical (unpaired) electrons. The largest absolute Gasteiger partial charge is 0.313 e. The van der Waals surface area contributed by atoms with E-state index in [0.29, 0.717) is 0 Å². The minimum absolute atomic E-state index is 0.962. The van der Waals surface area contributed by atoms with Crippen molar-refractivity contribution >= 4 is 0 Å². The van der Waals surface area contributed by atoms with Crippen molar-refractivity contribution < 1.29 is 0 Å². The second kappa shape index (κ2) is 3.02. The molecule has 1 aliphatic carbocycles. The summed E-state index contributed by atoms with van der Waals surface area (Å²) in [5.41, 5.74) is 0. The van der Waals surface area contributed by atoms with Crippen molar-refractivity contribution in [2.24, 2.45) is 11.8 Å². The molecule has 1 aliphatic rings. The van der Waals surface area contributed by atoms with E-state index in [1.165, 1.54) is 13.0 Å². The average molecular weight is 125 g/mol. The molecule has 0 heterocycles. The molecule has 0 unspecified atom stereocenters. The molecule has 1 nitrogen and oxygen atoms in total. The molecule has 0 aromatic carbocycles. The van der Waals surface area contributed by atoms with Crippen molar-refractivity contribution in [2.45, 2.75) is 13.3 Å². The van der Waals surface area contributed by atoms with Crippen LogP contribution in [0, 0.1) is 11.8 Å². The molecule has 1 saturated carbocycles. The smallest absolute Gasteiger partial charge is 0.0132 e. The Morgan fingerprint density at radius 3 is 2.89 bits per heavy atom. The zero-order valence-corrected chi connectivity index (χ0v) is 6.06. The summed E-state index contributed by atoms with van der Waals surface area (Å²) in [6.07, 6.45) is 3.33. The number of hydrogen-bond donors (Lipinski definition) is 1. The first-order valence-electron chi connectivity index (χ1n) is 3.66. The predicted molar refractivity (Wildman–Crippen MR) is 40.3 cm³/mol. The van der Waals surface area contributed by atoms with E-state index in [1.807, 2.05) is 6.08 Å². The monoisotopic (exact) mass is 125 g/mol. The lowest BCUT2D eigenvalue weighted by Gasteiger charge is -1.96. The van der Waals surface area contributed by atoms with E-state index >= 15 is 0 Å². The van der Waals surface area contributed by atoms with Crippen LogP contribution in [0.2, 0.25) is 0 Å². The summed E-state index contributed by atoms with van der Waals surface area (Å²) in [5, 5.41) is 3.31. The lowest BCUT2D eigenvalue weighted by Crippen LogP contribution is -2.16. The number of hydrogen-bond acceptors (Lipinski definition) is 1. The van der Waals surface area contributed by atoms with Gasteiger partial charge in [0, 0.05) is 6.54 Å². The molecule has 0 amide bonds. The lowest BCUT2D eigenvalue weighted by molar-refractivity contribution is 0.647. The topological polar surface area (TPSA) is 12.0 Å². The molecule has 1 N–H and O–H groups in total. The van der Waals surface area contributed by atoms with E-state index in [4.69, 9.17) is 0 Å². The highest BCUT2D eigenvalue weighted by Gasteiger charge is 2.31. The van der Waals surface area contributed by atoms with Gasteiger partial charge in [0.05, 0.1) is 0 Å². The Hall–Kier alpha value is -0.300. The fourth-order valence-electron chi connectivity index (χ4n) is 1.05. The van der Waals surface area contributed by atoms with Crippen LogP contribution in [0.25, 0.3) is 0 Å². The summed E-state index contributed by atoms with van der Waals surface area (Å²) in [7, 11) is 0. The second-order valence-corrected chi connectivity index (χ2v) is 2.92. The van der Waals surface area contributed by atoms with E-state index in [1.54, 1.807) is 0 Å². The van der Waals surface area contributed by atoms with Crippen molar-refractivity contribution in [3.63, 3.8) is 0 Å². The van der Waals surface area contributed by atoms with Crippen LogP contribution < -0.4 is 5.32 Å². The summed E-state index contributed by atoms with van der Waals surface area (Å²) >= 11 is 0. The van der Waals surface area contributed by atoms with Crippen molar-refractivity contribution in [2.75, 3.05) is 13.1 Å². The highest BCUT2D eigenvalue weighted by Crippen LogP contribution is 2.36. The number of rotatable bonds is 4. The molecule has 0 spiro atoms. The lowest BCUT2D eigenvalue weighted by atomic mass is 10.3. The maximum Gasteiger partial charge on any atom is 0.0132 e. The van der Waals surface area contributed by atoms with Crippen LogP contribution >= 0.6 is 0 Å². The molecule has 2 atom stereocenters. The van der Waals surface area contributed by atoms with Gasteiger partial charge in [-0.05, 0) is 24.8 Å². The molecule has 0 aromatic heterocycles. The average Bonchev–Trinajstić information content (AvgIpc) is 2.48. The quantitative estimate of drug-likeness (QED) is 0.442. The zero-order valence-electron chi connectivity index (χ0n) is 6.06. The zero-order chi connectivity index (χ0) is 6.69. The minimum atomic E-state index is 0.962. The third kappa shape index (κ3) is 2.19. The standard InChI is InChI=1S/C8H15N/c1-3-4-9-6-8-5-7(8)2/h3,7-9H,1,4-6H2,2H3/t7-,8+/m1/s1. The first-order valence-corrected chi connectivity index (χ1v) is 3.66. The Balaban J connectivity index is 1.88. The van der Waals surface area contributed by atoms with Crippen molar-refractivity contribution in [3.8, 4) is 0 Å². The van der Waals surface area contributed by atoms with Gasteiger partial charge in [-0.15, -0.1) is 6.58 Å². The van der Waals surface area contributed by atoms with Gasteiger partial charge in [0.1, 0.15) is 0 Å². The van der Waals surface area contributed by atoms with Gasteiger partial charge in [-0.1, -0.05) is 13.0 Å². The third-order valence-corrected chi connectivity index (χ3v) is 1.97. The normalized spacial score (nSPS) is 32.1. The molecule has 0 saturated heterocycles. The summed E-state index contributed by atoms with van der Waals surface area (Å²) < 4.78 is 0. The van der Waals surface area contributed by atoms with Crippen molar-refractivity contribution in [1.29, 1.82) is 0 Å². The van der Waals surface area contributed by atoms with Crippen LogP contribution in [0.3, 0.4) is 0 Å². The van der Waals surface area contributed by atoms with Gasteiger partial charge < -0.3 is 5.32 Å². The van der Waals surface area contributed by atoms with Crippen LogP contribution in [0.1, 0.15) is 13.3 Å². The summed E-state index contributed by atoms with van der Waals surface area (Å²) in [6.45, 7) is 8.09. The van der Waals surface area contributed by atoms with Crippen molar-refractivity contribution in [1.82, 2.24) is 5.32 Å². The second-order valence-electron chi connectivity index (χ2n) is 2.92. The Labute approximate surface area is 57.1 Å². The molecule has 1 heteroatoms.